The van der Waals surface area contributed by atoms with Gasteiger partial charge >= 0.3 is 5.97 Å². The fourth-order valence-electron chi connectivity index (χ4n) is 1.34. The van der Waals surface area contributed by atoms with Crippen molar-refractivity contribution in [3.8, 4) is 5.75 Å². The topological polar surface area (TPSA) is 63.6 Å². The summed E-state index contributed by atoms with van der Waals surface area (Å²) in [5, 5.41) is 9.79. The van der Waals surface area contributed by atoms with Gasteiger partial charge in [0.25, 0.3) is 0 Å². The summed E-state index contributed by atoms with van der Waals surface area (Å²) in [4.78, 5) is 22.1. The summed E-state index contributed by atoms with van der Waals surface area (Å²) in [5.41, 5.74) is 0.234. The number of ketones is 1. The van der Waals surface area contributed by atoms with Crippen LogP contribution in [0.1, 0.15) is 22.8 Å². The molecule has 0 aliphatic rings. The van der Waals surface area contributed by atoms with Crippen LogP contribution in [-0.4, -0.2) is 29.7 Å². The summed E-state index contributed by atoms with van der Waals surface area (Å²) in [7, 11) is 1.27. The zero-order valence-corrected chi connectivity index (χ0v) is 10.8. The van der Waals surface area contributed by atoms with Gasteiger partial charge in [0.2, 0.25) is 0 Å². The van der Waals surface area contributed by atoms with E-state index < -0.39 is 17.6 Å². The van der Waals surface area contributed by atoms with Crippen molar-refractivity contribution >= 4 is 23.5 Å². The molecule has 18 heavy (non-hydrogen) atoms. The number of thioether (sulfide) groups is 1. The van der Waals surface area contributed by atoms with Crippen molar-refractivity contribution in [1.82, 2.24) is 0 Å². The minimum absolute atomic E-state index is 0.0522. The van der Waals surface area contributed by atoms with Gasteiger partial charge in [-0.1, -0.05) is 0 Å². The Morgan fingerprint density at radius 1 is 1.44 bits per heavy atom. The molecule has 98 valence electrons. The lowest BCUT2D eigenvalue weighted by Gasteiger charge is -2.08. The van der Waals surface area contributed by atoms with Crippen molar-refractivity contribution < 1.29 is 23.8 Å². The van der Waals surface area contributed by atoms with Gasteiger partial charge in [0.15, 0.2) is 5.78 Å². The van der Waals surface area contributed by atoms with Crippen molar-refractivity contribution in [2.24, 2.45) is 0 Å². The molecule has 0 saturated heterocycles. The molecule has 0 fully saturated rings. The number of halogens is 1. The van der Waals surface area contributed by atoms with Crippen LogP contribution in [0.25, 0.3) is 0 Å². The minimum atomic E-state index is -0.591. The highest BCUT2D eigenvalue weighted by atomic mass is 32.2. The number of hydrogen-bond acceptors (Lipinski definition) is 5. The van der Waals surface area contributed by atoms with E-state index in [2.05, 4.69) is 4.74 Å². The molecule has 0 atom stereocenters. The molecule has 0 heterocycles. The van der Waals surface area contributed by atoms with Gasteiger partial charge in [0.1, 0.15) is 11.6 Å². The lowest BCUT2D eigenvalue weighted by Crippen LogP contribution is -2.04. The van der Waals surface area contributed by atoms with Gasteiger partial charge in [-0.25, -0.2) is 4.39 Å². The first kappa shape index (κ1) is 14.5. The molecule has 0 spiro atoms. The highest BCUT2D eigenvalue weighted by molar-refractivity contribution is 7.99. The van der Waals surface area contributed by atoms with E-state index in [0.717, 1.165) is 12.1 Å². The molecule has 1 aromatic carbocycles. The molecule has 0 unspecified atom stereocenters. The number of rotatable bonds is 5. The zero-order chi connectivity index (χ0) is 13.7. The molecule has 0 saturated carbocycles. The number of benzene rings is 1. The maximum atomic E-state index is 13.3. The predicted octanol–water partition coefficient (Wildman–Crippen LogP) is 2.14. The molecule has 0 aliphatic carbocycles. The summed E-state index contributed by atoms with van der Waals surface area (Å²) >= 11 is 1.17. The van der Waals surface area contributed by atoms with Gasteiger partial charge in [-0.15, -0.1) is 11.8 Å². The molecule has 0 aliphatic heterocycles. The SMILES string of the molecule is COC(=O)CSCc1cc(F)cc(C(C)=O)c1O. The van der Waals surface area contributed by atoms with Crippen LogP contribution in [0.3, 0.4) is 0 Å². The summed E-state index contributed by atoms with van der Waals surface area (Å²) in [5.74, 6) is -1.32. The highest BCUT2D eigenvalue weighted by Crippen LogP contribution is 2.28. The van der Waals surface area contributed by atoms with Crippen LogP contribution in [-0.2, 0) is 15.3 Å². The van der Waals surface area contributed by atoms with Crippen LogP contribution >= 0.6 is 11.8 Å². The van der Waals surface area contributed by atoms with Gasteiger partial charge in [-0.2, -0.15) is 0 Å². The Balaban J connectivity index is 2.82. The number of ether oxygens (including phenoxy) is 1. The van der Waals surface area contributed by atoms with Crippen molar-refractivity contribution in [1.29, 1.82) is 0 Å². The molecule has 0 radical (unpaired) electrons. The largest absolute Gasteiger partial charge is 0.507 e. The highest BCUT2D eigenvalue weighted by Gasteiger charge is 2.14. The van der Waals surface area contributed by atoms with E-state index in [9.17, 15) is 19.1 Å². The van der Waals surface area contributed by atoms with Gasteiger partial charge in [-0.3, -0.25) is 9.59 Å². The second-order valence-corrected chi connectivity index (χ2v) is 4.57. The number of esters is 1. The van der Waals surface area contributed by atoms with Crippen LogP contribution < -0.4 is 0 Å². The Labute approximate surface area is 108 Å². The number of phenolic OH excluding ortho intramolecular Hbond substituents is 1. The average Bonchev–Trinajstić information content (AvgIpc) is 2.32. The van der Waals surface area contributed by atoms with Crippen molar-refractivity contribution in [2.45, 2.75) is 12.7 Å². The Morgan fingerprint density at radius 2 is 2.11 bits per heavy atom. The molecule has 4 nitrogen and oxygen atoms in total. The van der Waals surface area contributed by atoms with E-state index in [1.165, 1.54) is 25.8 Å². The Kier molecular flexibility index (Phi) is 5.15. The van der Waals surface area contributed by atoms with Crippen LogP contribution in [0.2, 0.25) is 0 Å². The fourth-order valence-corrected chi connectivity index (χ4v) is 2.16. The standard InChI is InChI=1S/C12H13FO4S/c1-7(14)10-4-9(13)3-8(12(10)16)5-18-6-11(15)17-2/h3-4,16H,5-6H2,1-2H3. The van der Waals surface area contributed by atoms with Gasteiger partial charge in [0, 0.05) is 11.3 Å². The number of phenols is 1. The van der Waals surface area contributed by atoms with Crippen molar-refractivity contribution in [3.63, 3.8) is 0 Å². The maximum absolute atomic E-state index is 13.3. The first-order valence-corrected chi connectivity index (χ1v) is 6.28. The predicted molar refractivity (Wildman–Crippen MR) is 66.2 cm³/mol. The van der Waals surface area contributed by atoms with Crippen LogP contribution in [0, 0.1) is 5.82 Å². The monoisotopic (exact) mass is 272 g/mol. The smallest absolute Gasteiger partial charge is 0.315 e. The summed E-state index contributed by atoms with van der Waals surface area (Å²) in [6.45, 7) is 1.25. The van der Waals surface area contributed by atoms with Crippen molar-refractivity contribution in [2.75, 3.05) is 12.9 Å². The molecule has 1 aromatic rings. The Bertz CT molecular complexity index is 473. The number of carbonyl (C=O) groups excluding carboxylic acids is 2. The molecule has 1 N–H and O–H groups in total. The molecular weight excluding hydrogens is 259 g/mol. The van der Waals surface area contributed by atoms with E-state index >= 15 is 0 Å². The molecular formula is C12H13FO4S. The molecule has 6 heteroatoms. The Morgan fingerprint density at radius 3 is 2.67 bits per heavy atom. The quantitative estimate of drug-likeness (QED) is 0.657. The van der Waals surface area contributed by atoms with Gasteiger partial charge in [0.05, 0.1) is 18.4 Å². The fraction of sp³-hybridized carbons (Fsp3) is 0.333. The third kappa shape index (κ3) is 3.73. The second-order valence-electron chi connectivity index (χ2n) is 3.59. The van der Waals surface area contributed by atoms with Crippen LogP contribution in [0.4, 0.5) is 4.39 Å². The first-order valence-electron chi connectivity index (χ1n) is 5.12. The lowest BCUT2D eigenvalue weighted by atomic mass is 10.1. The van der Waals surface area contributed by atoms with Gasteiger partial charge in [-0.05, 0) is 19.1 Å². The summed E-state index contributed by atoms with van der Waals surface area (Å²) in [6.07, 6.45) is 0. The number of carbonyl (C=O) groups is 2. The maximum Gasteiger partial charge on any atom is 0.315 e. The second kappa shape index (κ2) is 6.39. The molecule has 1 rings (SSSR count). The third-order valence-electron chi connectivity index (χ3n) is 2.24. The molecule has 0 amide bonds. The number of aromatic hydroxyl groups is 1. The van der Waals surface area contributed by atoms with Crippen molar-refractivity contribution in [3.05, 3.63) is 29.1 Å². The Hall–Kier alpha value is -1.56. The first-order chi connectivity index (χ1) is 8.45. The number of methoxy groups -OCH3 is 1. The molecule has 0 aromatic heterocycles. The summed E-state index contributed by atoms with van der Waals surface area (Å²) < 4.78 is 17.7. The normalized spacial score (nSPS) is 10.2. The number of hydrogen-bond donors (Lipinski definition) is 1. The summed E-state index contributed by atoms with van der Waals surface area (Å²) in [6, 6.07) is 2.14. The van der Waals surface area contributed by atoms with E-state index in [1.54, 1.807) is 0 Å². The van der Waals surface area contributed by atoms with E-state index in [1.807, 2.05) is 0 Å². The number of Topliss-reactive ketones (excluding diaryl/α,β-unsaturated/α-hetero) is 1. The molecule has 0 bridgehead atoms. The van der Waals surface area contributed by atoms with Crippen LogP contribution in [0.15, 0.2) is 12.1 Å². The zero-order valence-electron chi connectivity index (χ0n) is 10.0. The van der Waals surface area contributed by atoms with E-state index in [4.69, 9.17) is 0 Å². The van der Waals surface area contributed by atoms with E-state index in [-0.39, 0.29) is 28.4 Å². The van der Waals surface area contributed by atoms with E-state index in [0.29, 0.717) is 0 Å². The van der Waals surface area contributed by atoms with Crippen LogP contribution in [0.5, 0.6) is 5.75 Å². The average molecular weight is 272 g/mol. The minimum Gasteiger partial charge on any atom is -0.507 e. The third-order valence-corrected chi connectivity index (χ3v) is 3.19. The lowest BCUT2D eigenvalue weighted by molar-refractivity contribution is -0.137. The van der Waals surface area contributed by atoms with Gasteiger partial charge < -0.3 is 9.84 Å².